The Morgan fingerprint density at radius 2 is 1.86 bits per heavy atom. The van der Waals surface area contributed by atoms with Crippen LogP contribution in [0.25, 0.3) is 44.9 Å². The van der Waals surface area contributed by atoms with E-state index in [0.717, 1.165) is 55.5 Å². The van der Waals surface area contributed by atoms with E-state index in [0.29, 0.717) is 34.7 Å². The normalized spacial score (nSPS) is 21.9. The smallest absolute Gasteiger partial charge is 0.249 e. The molecule has 4 N–H and O–H groups in total. The van der Waals surface area contributed by atoms with Crippen LogP contribution in [0.15, 0.2) is 87.5 Å². The Balaban J connectivity index is 1.30. The van der Waals surface area contributed by atoms with Gasteiger partial charge in [0.1, 0.15) is 23.2 Å². The third kappa shape index (κ3) is 4.11. The lowest BCUT2D eigenvalue weighted by Gasteiger charge is -2.28. The first-order valence-electron chi connectivity index (χ1n) is 17.2. The number of oxazole rings is 2. The zero-order chi connectivity index (χ0) is 34.8. The van der Waals surface area contributed by atoms with Gasteiger partial charge in [-0.25, -0.2) is 9.97 Å². The zero-order valence-electron chi connectivity index (χ0n) is 28.4. The Morgan fingerprint density at radius 3 is 2.71 bits per heavy atom. The third-order valence-corrected chi connectivity index (χ3v) is 10.6. The number of fused-ring (bicyclic) bond motifs is 7. The Labute approximate surface area is 292 Å². The fourth-order valence-corrected chi connectivity index (χ4v) is 8.33. The Hall–Kier alpha value is -6.10. The summed E-state index contributed by atoms with van der Waals surface area (Å²) in [7, 11) is 0. The van der Waals surface area contributed by atoms with Gasteiger partial charge in [-0.05, 0) is 43.0 Å². The number of nitrogens with one attached hydrogen (secondary N) is 4. The van der Waals surface area contributed by atoms with Gasteiger partial charge in [-0.1, -0.05) is 61.9 Å². The molecule has 4 aliphatic rings. The van der Waals surface area contributed by atoms with Gasteiger partial charge in [-0.2, -0.15) is 0 Å². The van der Waals surface area contributed by atoms with Gasteiger partial charge >= 0.3 is 0 Å². The maximum atomic E-state index is 14.1. The summed E-state index contributed by atoms with van der Waals surface area (Å²) in [4.78, 5) is 40.5. The van der Waals surface area contributed by atoms with Crippen LogP contribution < -0.4 is 20.7 Å². The fourth-order valence-electron chi connectivity index (χ4n) is 8.33. The first-order chi connectivity index (χ1) is 24.7. The van der Waals surface area contributed by atoms with Crippen LogP contribution >= 0.6 is 0 Å². The van der Waals surface area contributed by atoms with E-state index in [1.165, 1.54) is 6.08 Å². The minimum absolute atomic E-state index is 0.127. The molecular weight excluding hydrogens is 644 g/mol. The van der Waals surface area contributed by atoms with Crippen molar-refractivity contribution in [3.8, 4) is 39.8 Å². The van der Waals surface area contributed by atoms with E-state index in [1.54, 1.807) is 6.20 Å². The van der Waals surface area contributed by atoms with Crippen molar-refractivity contribution in [1.82, 2.24) is 25.6 Å². The molecule has 254 valence electrons. The molecule has 10 rings (SSSR count). The molecule has 10 bridgehead atoms. The van der Waals surface area contributed by atoms with Gasteiger partial charge in [-0.3, -0.25) is 9.59 Å². The van der Waals surface area contributed by atoms with E-state index in [-0.39, 0.29) is 24.2 Å². The molecule has 3 aromatic heterocycles. The summed E-state index contributed by atoms with van der Waals surface area (Å²) in [5.41, 5.74) is 7.72. The maximum Gasteiger partial charge on any atom is 0.249 e. The fraction of sp³-hybridized carbons (Fsp3) is 0.250. The molecule has 3 aromatic carbocycles. The van der Waals surface area contributed by atoms with Crippen LogP contribution in [0.3, 0.4) is 0 Å². The van der Waals surface area contributed by atoms with E-state index in [9.17, 15) is 9.59 Å². The molecule has 0 fully saturated rings. The summed E-state index contributed by atoms with van der Waals surface area (Å²) in [6.45, 7) is 7.68. The lowest BCUT2D eigenvalue weighted by Crippen LogP contribution is -2.49. The highest BCUT2D eigenvalue weighted by atomic mass is 16.5. The van der Waals surface area contributed by atoms with Crippen molar-refractivity contribution in [3.05, 3.63) is 107 Å². The molecule has 2 unspecified atom stereocenters. The second-order valence-electron chi connectivity index (χ2n) is 14.4. The molecule has 6 aromatic rings. The Kier molecular flexibility index (Phi) is 6.11. The number of para-hydroxylation sites is 1. The minimum Gasteiger partial charge on any atom is -0.469 e. The topological polar surface area (TPSA) is 147 Å². The molecule has 7 heterocycles. The number of aromatic amines is 1. The predicted octanol–water partition coefficient (Wildman–Crippen LogP) is 6.76. The van der Waals surface area contributed by atoms with E-state index in [4.69, 9.17) is 23.5 Å². The van der Waals surface area contributed by atoms with Gasteiger partial charge in [0.15, 0.2) is 23.4 Å². The largest absolute Gasteiger partial charge is 0.469 e. The summed E-state index contributed by atoms with van der Waals surface area (Å²) >= 11 is 0. The average Bonchev–Trinajstić information content (AvgIpc) is 3.92. The number of amides is 2. The third-order valence-electron chi connectivity index (χ3n) is 10.6. The number of anilines is 1. The number of hydrogen-bond donors (Lipinski definition) is 4. The second kappa shape index (κ2) is 10.5. The number of benzene rings is 3. The van der Waals surface area contributed by atoms with Gasteiger partial charge in [0.05, 0.1) is 6.20 Å². The highest BCUT2D eigenvalue weighted by Gasteiger charge is 2.61. The number of allylic oxidation sites excluding steroid dienone is 1. The first-order valence-corrected chi connectivity index (χ1v) is 17.2. The maximum absolute atomic E-state index is 14.1. The van der Waals surface area contributed by atoms with Crippen LogP contribution in [-0.2, 0) is 21.4 Å². The Morgan fingerprint density at radius 1 is 1.02 bits per heavy atom. The van der Waals surface area contributed by atoms with Crippen molar-refractivity contribution in [2.24, 2.45) is 5.92 Å². The van der Waals surface area contributed by atoms with E-state index in [2.05, 4.69) is 57.3 Å². The van der Waals surface area contributed by atoms with Crippen molar-refractivity contribution < 1.29 is 23.2 Å². The number of carbonyl (C=O) groups excluding carboxylic acids is 2. The lowest BCUT2D eigenvalue weighted by atomic mass is 9.72. The molecule has 51 heavy (non-hydrogen) atoms. The van der Waals surface area contributed by atoms with Crippen molar-refractivity contribution >= 4 is 28.4 Å². The van der Waals surface area contributed by atoms with Gasteiger partial charge in [0.2, 0.25) is 23.6 Å². The van der Waals surface area contributed by atoms with Crippen molar-refractivity contribution in [3.63, 3.8) is 0 Å². The number of hydrogen-bond acceptors (Lipinski definition) is 8. The molecule has 4 aliphatic heterocycles. The van der Waals surface area contributed by atoms with Crippen molar-refractivity contribution in [2.45, 2.75) is 57.8 Å². The van der Waals surface area contributed by atoms with Gasteiger partial charge in [0.25, 0.3) is 0 Å². The lowest BCUT2D eigenvalue weighted by molar-refractivity contribution is -0.128. The predicted molar refractivity (Wildman–Crippen MR) is 190 cm³/mol. The Bertz CT molecular complexity index is 2500. The van der Waals surface area contributed by atoms with E-state index < -0.39 is 23.7 Å². The highest BCUT2D eigenvalue weighted by molar-refractivity contribution is 6.07. The van der Waals surface area contributed by atoms with Crippen molar-refractivity contribution in [2.75, 3.05) is 5.32 Å². The first kappa shape index (κ1) is 29.8. The summed E-state index contributed by atoms with van der Waals surface area (Å²) < 4.78 is 20.4. The second-order valence-corrected chi connectivity index (χ2v) is 14.4. The van der Waals surface area contributed by atoms with Crippen LogP contribution in [0.1, 0.15) is 62.1 Å². The molecule has 0 aliphatic carbocycles. The molecule has 11 heteroatoms. The monoisotopic (exact) mass is 678 g/mol. The molecule has 1 spiro atoms. The average molecular weight is 679 g/mol. The minimum atomic E-state index is -1.02. The van der Waals surface area contributed by atoms with Crippen LogP contribution in [0.5, 0.6) is 5.75 Å². The molecule has 2 amide bonds. The molecule has 0 saturated heterocycles. The molecule has 0 radical (unpaired) electrons. The highest BCUT2D eigenvalue weighted by Crippen LogP contribution is 2.61. The standard InChI is InChI=1S/C40H34N6O5/c1-18(2)13-30(47)43-27-15-20-11-12-28-25(14-20)40-24-9-5-8-22(33(24)46-39(40)50-28)21-7-6-10-26-31(21)23(16-41-26)29-17-42-37(49-29)34-35(40)51-38(45-34)32(19(3)4)44-36(27)48/h5-14,16-17,19,27,32,39,41,46H,15H2,1-4H3,(H,43,47)(H,44,48)/t27-,32-,39?,40?/m0/s1. The molecule has 11 nitrogen and oxygen atoms in total. The zero-order valence-corrected chi connectivity index (χ0v) is 28.4. The van der Waals surface area contributed by atoms with Crippen LogP contribution in [0.2, 0.25) is 0 Å². The van der Waals surface area contributed by atoms with Gasteiger partial charge < -0.3 is 34.5 Å². The van der Waals surface area contributed by atoms with Crippen LogP contribution in [0.4, 0.5) is 5.69 Å². The summed E-state index contributed by atoms with van der Waals surface area (Å²) in [5, 5.41) is 10.9. The SMILES string of the molecule is CC(C)=CC(=O)N[C@H]1Cc2ccc3c(c2)C24c5cccc(c5NC2O3)-c2cccc3[nH]cc(c23)-c2cnc(o2)-c2nc(oc24)[C@H](C(C)C)NC1=O. The summed E-state index contributed by atoms with van der Waals surface area (Å²) in [6, 6.07) is 17.0. The number of ether oxygens (including phenoxy) is 1. The summed E-state index contributed by atoms with van der Waals surface area (Å²) in [6.07, 6.45) is 4.82. The van der Waals surface area contributed by atoms with Gasteiger partial charge in [-0.15, -0.1) is 0 Å². The van der Waals surface area contributed by atoms with E-state index >= 15 is 0 Å². The summed E-state index contributed by atoms with van der Waals surface area (Å²) in [5.74, 6) is 1.57. The number of aromatic nitrogens is 3. The number of rotatable bonds is 3. The molecular formula is C40H34N6O5. The van der Waals surface area contributed by atoms with Crippen molar-refractivity contribution in [1.29, 1.82) is 0 Å². The van der Waals surface area contributed by atoms with Crippen LogP contribution in [0, 0.1) is 5.92 Å². The quantitative estimate of drug-likeness (QED) is 0.150. The van der Waals surface area contributed by atoms with Crippen LogP contribution in [-0.4, -0.2) is 39.0 Å². The van der Waals surface area contributed by atoms with Gasteiger partial charge in [0, 0.05) is 57.5 Å². The molecule has 4 atom stereocenters. The van der Waals surface area contributed by atoms with E-state index in [1.807, 2.05) is 52.1 Å². The number of nitrogens with zero attached hydrogens (tertiary/aromatic N) is 2. The number of carbonyl (C=O) groups is 2. The molecule has 0 saturated carbocycles. The number of H-pyrrole nitrogens is 1.